The molecule has 2 heterocycles. The normalized spacial score (nSPS) is 23.5. The molecule has 1 N–H and O–H groups in total. The molecule has 2 unspecified atom stereocenters. The van der Waals surface area contributed by atoms with Crippen molar-refractivity contribution in [3.8, 4) is 0 Å². The maximum Gasteiger partial charge on any atom is 0.257 e. The highest BCUT2D eigenvalue weighted by atomic mass is 35.5. The van der Waals surface area contributed by atoms with E-state index in [0.717, 1.165) is 12.3 Å². The number of pyridine rings is 1. The first-order chi connectivity index (χ1) is 9.01. The van der Waals surface area contributed by atoms with Gasteiger partial charge in [-0.1, -0.05) is 11.6 Å². The van der Waals surface area contributed by atoms with Crippen LogP contribution in [0.3, 0.4) is 0 Å². The summed E-state index contributed by atoms with van der Waals surface area (Å²) in [4.78, 5) is 17.4. The van der Waals surface area contributed by atoms with E-state index >= 15 is 0 Å². The Morgan fingerprint density at radius 3 is 3.11 bits per heavy atom. The monoisotopic (exact) mass is 288 g/mol. The van der Waals surface area contributed by atoms with Crippen molar-refractivity contribution in [2.24, 2.45) is 0 Å². The Labute approximate surface area is 114 Å². The Bertz CT molecular complexity index is 486. The highest BCUT2D eigenvalue weighted by Gasteiger charge is 2.29. The first-order valence-corrected chi connectivity index (χ1v) is 6.25. The second-order valence-electron chi connectivity index (χ2n) is 4.45. The number of ether oxygens (including phenoxy) is 1. The van der Waals surface area contributed by atoms with Gasteiger partial charge >= 0.3 is 0 Å². The van der Waals surface area contributed by atoms with E-state index < -0.39 is 17.8 Å². The van der Waals surface area contributed by atoms with Crippen LogP contribution in [-0.4, -0.2) is 52.8 Å². The second kappa shape index (κ2) is 5.81. The van der Waals surface area contributed by atoms with E-state index in [4.69, 9.17) is 21.4 Å². The summed E-state index contributed by atoms with van der Waals surface area (Å²) in [6.45, 7) is 2.23. The molecule has 0 aromatic carbocycles. The molecular weight excluding hydrogens is 275 g/mol. The van der Waals surface area contributed by atoms with Crippen molar-refractivity contribution in [3.63, 3.8) is 0 Å². The zero-order valence-corrected chi connectivity index (χ0v) is 11.1. The van der Waals surface area contributed by atoms with Crippen LogP contribution < -0.4 is 0 Å². The molecule has 1 amide bonds. The predicted octanol–water partition coefficient (Wildman–Crippen LogP) is 1.10. The zero-order valence-electron chi connectivity index (χ0n) is 10.3. The van der Waals surface area contributed by atoms with Crippen LogP contribution in [0.5, 0.6) is 0 Å². The number of hydrogen-bond donors (Lipinski definition) is 1. The fourth-order valence-electron chi connectivity index (χ4n) is 2.05. The van der Waals surface area contributed by atoms with Gasteiger partial charge in [-0.2, -0.15) is 0 Å². The zero-order chi connectivity index (χ0) is 14.0. The standard InChI is InChI=1S/C12H14ClFN2O3/c1-7-4-16(5-9(6-17)19-7)12(18)10-2-8(14)3-15-11(10)13/h2-3,7,9,17H,4-6H2,1H3. The minimum absolute atomic E-state index is 0.0208. The van der Waals surface area contributed by atoms with Crippen LogP contribution in [0.1, 0.15) is 17.3 Å². The van der Waals surface area contributed by atoms with E-state index in [0.29, 0.717) is 6.54 Å². The van der Waals surface area contributed by atoms with Crippen LogP contribution in [0.25, 0.3) is 0 Å². The predicted molar refractivity (Wildman–Crippen MR) is 66.5 cm³/mol. The summed E-state index contributed by atoms with van der Waals surface area (Å²) in [7, 11) is 0. The third-order valence-electron chi connectivity index (χ3n) is 2.85. The first-order valence-electron chi connectivity index (χ1n) is 5.88. The topological polar surface area (TPSA) is 62.7 Å². The van der Waals surface area contributed by atoms with Gasteiger partial charge in [0.1, 0.15) is 11.0 Å². The van der Waals surface area contributed by atoms with Gasteiger partial charge in [-0.15, -0.1) is 0 Å². The van der Waals surface area contributed by atoms with Gasteiger partial charge in [-0.25, -0.2) is 9.37 Å². The van der Waals surface area contributed by atoms with E-state index in [9.17, 15) is 9.18 Å². The number of carbonyl (C=O) groups excluding carboxylic acids is 1. The van der Waals surface area contributed by atoms with Crippen molar-refractivity contribution in [1.82, 2.24) is 9.88 Å². The van der Waals surface area contributed by atoms with E-state index in [2.05, 4.69) is 4.98 Å². The summed E-state index contributed by atoms with van der Waals surface area (Å²) in [6, 6.07) is 1.06. The van der Waals surface area contributed by atoms with Crippen LogP contribution in [-0.2, 0) is 4.74 Å². The van der Waals surface area contributed by atoms with Gasteiger partial charge in [0.15, 0.2) is 0 Å². The van der Waals surface area contributed by atoms with E-state index in [-0.39, 0.29) is 30.0 Å². The summed E-state index contributed by atoms with van der Waals surface area (Å²) in [5.41, 5.74) is 0.0208. The number of rotatable bonds is 2. The van der Waals surface area contributed by atoms with Crippen LogP contribution in [0.15, 0.2) is 12.3 Å². The molecule has 2 atom stereocenters. The summed E-state index contributed by atoms with van der Waals surface area (Å²) < 4.78 is 18.6. The minimum Gasteiger partial charge on any atom is -0.394 e. The van der Waals surface area contributed by atoms with Crippen LogP contribution in [0.2, 0.25) is 5.15 Å². The average Bonchev–Trinajstić information content (AvgIpc) is 2.40. The lowest BCUT2D eigenvalue weighted by Gasteiger charge is -2.36. The smallest absolute Gasteiger partial charge is 0.257 e. The number of aliphatic hydroxyl groups is 1. The van der Waals surface area contributed by atoms with Crippen LogP contribution >= 0.6 is 11.6 Å². The van der Waals surface area contributed by atoms with Crippen molar-refractivity contribution < 1.29 is 19.0 Å². The third kappa shape index (κ3) is 3.20. The van der Waals surface area contributed by atoms with Crippen molar-refractivity contribution in [3.05, 3.63) is 28.8 Å². The van der Waals surface area contributed by atoms with Gasteiger partial charge in [-0.05, 0) is 13.0 Å². The van der Waals surface area contributed by atoms with Gasteiger partial charge < -0.3 is 14.7 Å². The van der Waals surface area contributed by atoms with Gasteiger partial charge in [0.25, 0.3) is 5.91 Å². The first kappa shape index (κ1) is 14.2. The molecule has 0 saturated carbocycles. The number of nitrogens with zero attached hydrogens (tertiary/aromatic N) is 2. The van der Waals surface area contributed by atoms with Crippen molar-refractivity contribution >= 4 is 17.5 Å². The van der Waals surface area contributed by atoms with Crippen molar-refractivity contribution in [1.29, 1.82) is 0 Å². The lowest BCUT2D eigenvalue weighted by molar-refractivity contribution is -0.0858. The molecule has 19 heavy (non-hydrogen) atoms. The third-order valence-corrected chi connectivity index (χ3v) is 3.15. The molecule has 1 aromatic heterocycles. The summed E-state index contributed by atoms with van der Waals surface area (Å²) >= 11 is 5.81. The fourth-order valence-corrected chi connectivity index (χ4v) is 2.24. The summed E-state index contributed by atoms with van der Waals surface area (Å²) in [6.07, 6.45) is 0.320. The lowest BCUT2D eigenvalue weighted by Crippen LogP contribution is -2.50. The minimum atomic E-state index is -0.618. The molecule has 0 bridgehead atoms. The van der Waals surface area contributed by atoms with Crippen LogP contribution in [0.4, 0.5) is 4.39 Å². The molecule has 1 aliphatic rings. The quantitative estimate of drug-likeness (QED) is 0.828. The fraction of sp³-hybridized carbons (Fsp3) is 0.500. The SMILES string of the molecule is CC1CN(C(=O)c2cc(F)cnc2Cl)CC(CO)O1. The van der Waals surface area contributed by atoms with E-state index in [1.807, 2.05) is 0 Å². The average molecular weight is 289 g/mol. The van der Waals surface area contributed by atoms with Crippen molar-refractivity contribution in [2.75, 3.05) is 19.7 Å². The van der Waals surface area contributed by atoms with Crippen molar-refractivity contribution in [2.45, 2.75) is 19.1 Å². The molecule has 1 aliphatic heterocycles. The Kier molecular flexibility index (Phi) is 4.34. The highest BCUT2D eigenvalue weighted by Crippen LogP contribution is 2.19. The number of aromatic nitrogens is 1. The molecule has 1 fully saturated rings. The van der Waals surface area contributed by atoms with E-state index in [1.165, 1.54) is 4.90 Å². The number of amides is 1. The maximum absolute atomic E-state index is 13.1. The highest BCUT2D eigenvalue weighted by molar-refractivity contribution is 6.32. The molecular formula is C12H14ClFN2O3. The van der Waals surface area contributed by atoms with Gasteiger partial charge in [-0.3, -0.25) is 4.79 Å². The Morgan fingerprint density at radius 2 is 2.42 bits per heavy atom. The van der Waals surface area contributed by atoms with E-state index in [1.54, 1.807) is 6.92 Å². The molecule has 0 aliphatic carbocycles. The molecule has 1 aromatic rings. The Hall–Kier alpha value is -1.24. The molecule has 0 radical (unpaired) electrons. The van der Waals surface area contributed by atoms with Gasteiger partial charge in [0, 0.05) is 13.1 Å². The molecule has 7 heteroatoms. The lowest BCUT2D eigenvalue weighted by atomic mass is 10.1. The number of aliphatic hydroxyl groups excluding tert-OH is 1. The Balaban J connectivity index is 2.21. The Morgan fingerprint density at radius 1 is 1.68 bits per heavy atom. The molecule has 2 rings (SSSR count). The largest absolute Gasteiger partial charge is 0.394 e. The number of halogens is 2. The molecule has 104 valence electrons. The molecule has 5 nitrogen and oxygen atoms in total. The van der Waals surface area contributed by atoms with Crippen LogP contribution in [0, 0.1) is 5.82 Å². The summed E-state index contributed by atoms with van der Waals surface area (Å²) in [5.74, 6) is -1.03. The second-order valence-corrected chi connectivity index (χ2v) is 4.81. The maximum atomic E-state index is 13.1. The summed E-state index contributed by atoms with van der Waals surface area (Å²) in [5, 5.41) is 9.08. The van der Waals surface area contributed by atoms with Gasteiger partial charge in [0.05, 0.1) is 30.6 Å². The number of hydrogen-bond acceptors (Lipinski definition) is 4. The number of morpholine rings is 1. The van der Waals surface area contributed by atoms with Gasteiger partial charge in [0.2, 0.25) is 0 Å². The molecule has 0 spiro atoms. The number of carbonyl (C=O) groups is 1. The molecule has 1 saturated heterocycles.